The van der Waals surface area contributed by atoms with Gasteiger partial charge in [0.2, 0.25) is 5.92 Å². The van der Waals surface area contributed by atoms with Gasteiger partial charge in [0.15, 0.2) is 6.10 Å². The Hall–Kier alpha value is -0.710. The molecule has 2 rings (SSSR count). The van der Waals surface area contributed by atoms with Crippen LogP contribution >= 0.6 is 0 Å². The largest absolute Gasteiger partial charge is 0.479 e. The Morgan fingerprint density at radius 3 is 2.57 bits per heavy atom. The van der Waals surface area contributed by atoms with E-state index in [1.807, 2.05) is 0 Å². The Labute approximate surface area is 80.0 Å². The molecule has 1 saturated carbocycles. The van der Waals surface area contributed by atoms with E-state index in [0.29, 0.717) is 6.42 Å². The van der Waals surface area contributed by atoms with Crippen molar-refractivity contribution in [1.29, 1.82) is 0 Å². The zero-order chi connectivity index (χ0) is 10.4. The summed E-state index contributed by atoms with van der Waals surface area (Å²) in [6, 6.07) is 0. The van der Waals surface area contributed by atoms with Crippen molar-refractivity contribution in [3.8, 4) is 0 Å². The predicted octanol–water partition coefficient (Wildman–Crippen LogP) is 1.67. The van der Waals surface area contributed by atoms with Crippen LogP contribution in [-0.4, -0.2) is 29.7 Å². The molecule has 1 heterocycles. The highest BCUT2D eigenvalue weighted by molar-refractivity contribution is 5.72. The van der Waals surface area contributed by atoms with E-state index >= 15 is 0 Å². The maximum atomic E-state index is 13.0. The summed E-state index contributed by atoms with van der Waals surface area (Å²) in [7, 11) is 0. The number of hydrogen-bond donors (Lipinski definition) is 1. The van der Waals surface area contributed by atoms with E-state index in [1.54, 1.807) is 0 Å². The van der Waals surface area contributed by atoms with Crippen molar-refractivity contribution < 1.29 is 23.4 Å². The highest BCUT2D eigenvalue weighted by atomic mass is 19.3. The molecule has 1 N–H and O–H groups in total. The third-order valence-electron chi connectivity index (χ3n) is 3.14. The molecule has 2 fully saturated rings. The van der Waals surface area contributed by atoms with Gasteiger partial charge in [0, 0.05) is 18.3 Å². The Bertz CT molecular complexity index is 267. The first-order valence-corrected chi connectivity index (χ1v) is 4.65. The van der Waals surface area contributed by atoms with Gasteiger partial charge < -0.3 is 9.84 Å². The van der Waals surface area contributed by atoms with Crippen molar-refractivity contribution >= 4 is 5.97 Å². The standard InChI is InChI=1S/C9H12F2O3/c10-9(11)2-1-8(4-9)3-6(7(12)13)14-5-8/h6H,1-5H2,(H,12,13). The molecule has 1 aliphatic carbocycles. The fraction of sp³-hybridized carbons (Fsp3) is 0.889. The van der Waals surface area contributed by atoms with Crippen LogP contribution in [0.4, 0.5) is 8.78 Å². The van der Waals surface area contributed by atoms with E-state index in [4.69, 9.17) is 9.84 Å². The van der Waals surface area contributed by atoms with Crippen LogP contribution in [0.1, 0.15) is 25.7 Å². The molecule has 0 aromatic rings. The minimum absolute atomic E-state index is 0.136. The average molecular weight is 206 g/mol. The zero-order valence-electron chi connectivity index (χ0n) is 7.63. The third kappa shape index (κ3) is 1.61. The van der Waals surface area contributed by atoms with Crippen LogP contribution in [0, 0.1) is 5.41 Å². The molecule has 0 aromatic carbocycles. The van der Waals surface area contributed by atoms with Crippen LogP contribution in [-0.2, 0) is 9.53 Å². The summed E-state index contributed by atoms with van der Waals surface area (Å²) in [5.74, 6) is -3.67. The number of rotatable bonds is 1. The van der Waals surface area contributed by atoms with Gasteiger partial charge in [0.1, 0.15) is 0 Å². The van der Waals surface area contributed by atoms with E-state index in [0.717, 1.165) is 0 Å². The Morgan fingerprint density at radius 1 is 1.43 bits per heavy atom. The van der Waals surface area contributed by atoms with Gasteiger partial charge in [0.25, 0.3) is 0 Å². The summed E-state index contributed by atoms with van der Waals surface area (Å²) in [4.78, 5) is 10.6. The third-order valence-corrected chi connectivity index (χ3v) is 3.14. The van der Waals surface area contributed by atoms with E-state index in [2.05, 4.69) is 0 Å². The fourth-order valence-corrected chi connectivity index (χ4v) is 2.42. The highest BCUT2D eigenvalue weighted by Gasteiger charge is 2.54. The molecule has 1 saturated heterocycles. The van der Waals surface area contributed by atoms with E-state index in [9.17, 15) is 13.6 Å². The number of carboxylic acid groups (broad SMARTS) is 1. The lowest BCUT2D eigenvalue weighted by Gasteiger charge is -2.19. The quantitative estimate of drug-likeness (QED) is 0.709. The molecule has 1 spiro atoms. The molecule has 3 nitrogen and oxygen atoms in total. The predicted molar refractivity (Wildman–Crippen MR) is 43.2 cm³/mol. The molecule has 0 bridgehead atoms. The van der Waals surface area contributed by atoms with E-state index in [1.165, 1.54) is 0 Å². The molecule has 80 valence electrons. The van der Waals surface area contributed by atoms with Crippen molar-refractivity contribution in [1.82, 2.24) is 0 Å². The Morgan fingerprint density at radius 2 is 2.14 bits per heavy atom. The number of carbonyl (C=O) groups is 1. The lowest BCUT2D eigenvalue weighted by Crippen LogP contribution is -2.22. The average Bonchev–Trinajstić information content (AvgIpc) is 2.58. The minimum Gasteiger partial charge on any atom is -0.479 e. The molecular formula is C9H12F2O3. The molecular weight excluding hydrogens is 194 g/mol. The highest BCUT2D eigenvalue weighted by Crippen LogP contribution is 2.52. The first kappa shape index (κ1) is 9.83. The molecule has 1 aliphatic heterocycles. The molecule has 14 heavy (non-hydrogen) atoms. The van der Waals surface area contributed by atoms with Crippen LogP contribution in [0.25, 0.3) is 0 Å². The summed E-state index contributed by atoms with van der Waals surface area (Å²) < 4.78 is 30.9. The summed E-state index contributed by atoms with van der Waals surface area (Å²) in [5, 5.41) is 8.67. The second-order valence-corrected chi connectivity index (χ2v) is 4.37. The normalized spacial score (nSPS) is 40.6. The van der Waals surface area contributed by atoms with E-state index in [-0.39, 0.29) is 25.9 Å². The van der Waals surface area contributed by atoms with Crippen molar-refractivity contribution in [2.45, 2.75) is 37.7 Å². The molecule has 2 atom stereocenters. The molecule has 5 heteroatoms. The summed E-state index contributed by atoms with van der Waals surface area (Å²) in [5.41, 5.74) is -0.577. The van der Waals surface area contributed by atoms with Gasteiger partial charge in [-0.25, -0.2) is 13.6 Å². The van der Waals surface area contributed by atoms with Crippen molar-refractivity contribution in [2.75, 3.05) is 6.61 Å². The monoisotopic (exact) mass is 206 g/mol. The van der Waals surface area contributed by atoms with Crippen LogP contribution in [0.15, 0.2) is 0 Å². The van der Waals surface area contributed by atoms with Gasteiger partial charge in [-0.3, -0.25) is 0 Å². The lowest BCUT2D eigenvalue weighted by atomic mass is 9.84. The number of halogens is 2. The van der Waals surface area contributed by atoms with Gasteiger partial charge in [-0.15, -0.1) is 0 Å². The Kier molecular flexibility index (Phi) is 2.03. The lowest BCUT2D eigenvalue weighted by molar-refractivity contribution is -0.147. The van der Waals surface area contributed by atoms with Crippen LogP contribution in [0.5, 0.6) is 0 Å². The van der Waals surface area contributed by atoms with Crippen LogP contribution < -0.4 is 0 Å². The van der Waals surface area contributed by atoms with Crippen LogP contribution in [0.2, 0.25) is 0 Å². The number of ether oxygens (including phenoxy) is 1. The number of aliphatic carboxylic acids is 1. The van der Waals surface area contributed by atoms with Crippen molar-refractivity contribution in [2.24, 2.45) is 5.41 Å². The summed E-state index contributed by atoms with van der Waals surface area (Å²) in [6.07, 6.45) is -0.627. The Balaban J connectivity index is 2.04. The molecule has 0 amide bonds. The van der Waals surface area contributed by atoms with Crippen molar-refractivity contribution in [3.63, 3.8) is 0 Å². The molecule has 2 unspecified atom stereocenters. The second kappa shape index (κ2) is 2.89. The second-order valence-electron chi connectivity index (χ2n) is 4.37. The SMILES string of the molecule is O=C(O)C1CC2(CCC(F)(F)C2)CO1. The van der Waals surface area contributed by atoms with Crippen LogP contribution in [0.3, 0.4) is 0 Å². The first-order chi connectivity index (χ1) is 6.43. The molecule has 0 radical (unpaired) electrons. The fourth-order valence-electron chi connectivity index (χ4n) is 2.42. The summed E-state index contributed by atoms with van der Waals surface area (Å²) in [6.45, 7) is 0.166. The van der Waals surface area contributed by atoms with Gasteiger partial charge in [-0.05, 0) is 12.8 Å². The first-order valence-electron chi connectivity index (χ1n) is 4.65. The van der Waals surface area contributed by atoms with Gasteiger partial charge in [-0.1, -0.05) is 0 Å². The van der Waals surface area contributed by atoms with Gasteiger partial charge in [-0.2, -0.15) is 0 Å². The van der Waals surface area contributed by atoms with Gasteiger partial charge in [0.05, 0.1) is 6.61 Å². The van der Waals surface area contributed by atoms with Gasteiger partial charge >= 0.3 is 5.97 Å². The minimum atomic E-state index is -2.63. The zero-order valence-corrected chi connectivity index (χ0v) is 7.63. The topological polar surface area (TPSA) is 46.5 Å². The number of alkyl halides is 2. The number of hydrogen-bond acceptors (Lipinski definition) is 2. The summed E-state index contributed by atoms with van der Waals surface area (Å²) >= 11 is 0. The maximum Gasteiger partial charge on any atom is 0.332 e. The van der Waals surface area contributed by atoms with Crippen molar-refractivity contribution in [3.05, 3.63) is 0 Å². The van der Waals surface area contributed by atoms with E-state index < -0.39 is 23.4 Å². The number of carboxylic acids is 1. The molecule has 2 aliphatic rings. The smallest absolute Gasteiger partial charge is 0.332 e. The maximum absolute atomic E-state index is 13.0. The molecule has 0 aromatic heterocycles.